The minimum absolute atomic E-state index is 0.0244. The van der Waals surface area contributed by atoms with E-state index in [0.29, 0.717) is 5.56 Å². The lowest BCUT2D eigenvalue weighted by Crippen LogP contribution is -2.22. The summed E-state index contributed by atoms with van der Waals surface area (Å²) in [4.78, 5) is 22.5. The van der Waals surface area contributed by atoms with Crippen molar-refractivity contribution in [2.45, 2.75) is 6.54 Å². The zero-order valence-corrected chi connectivity index (χ0v) is 10.5. The maximum absolute atomic E-state index is 13.3. The third-order valence-electron chi connectivity index (χ3n) is 2.64. The van der Waals surface area contributed by atoms with E-state index in [-0.39, 0.29) is 18.0 Å². The number of ether oxygens (including phenoxy) is 1. The second kappa shape index (κ2) is 5.52. The van der Waals surface area contributed by atoms with Crippen LogP contribution in [0.15, 0.2) is 35.1 Å². The minimum atomic E-state index is -1.37. The summed E-state index contributed by atoms with van der Waals surface area (Å²) in [6.45, 7) is 0.0244. The Kier molecular flexibility index (Phi) is 3.79. The van der Waals surface area contributed by atoms with Crippen LogP contribution < -0.4 is 10.3 Å². The van der Waals surface area contributed by atoms with Crippen LogP contribution in [0.25, 0.3) is 0 Å². The molecule has 0 unspecified atom stereocenters. The van der Waals surface area contributed by atoms with E-state index in [1.807, 2.05) is 0 Å². The van der Waals surface area contributed by atoms with E-state index in [2.05, 4.69) is 5.10 Å². The Morgan fingerprint density at radius 2 is 2.15 bits per heavy atom. The Balaban J connectivity index is 2.37. The molecule has 7 heteroatoms. The first-order chi connectivity index (χ1) is 9.51. The summed E-state index contributed by atoms with van der Waals surface area (Å²) in [5, 5.41) is 12.8. The van der Waals surface area contributed by atoms with Gasteiger partial charge >= 0.3 is 5.97 Å². The van der Waals surface area contributed by atoms with Crippen molar-refractivity contribution in [2.75, 3.05) is 7.11 Å². The molecule has 0 amide bonds. The predicted molar refractivity (Wildman–Crippen MR) is 67.5 cm³/mol. The van der Waals surface area contributed by atoms with Gasteiger partial charge in [-0.2, -0.15) is 0 Å². The van der Waals surface area contributed by atoms with Crippen LogP contribution in [0.1, 0.15) is 15.9 Å². The Morgan fingerprint density at radius 1 is 1.40 bits per heavy atom. The molecule has 0 spiro atoms. The van der Waals surface area contributed by atoms with Crippen LogP contribution in [0.5, 0.6) is 5.88 Å². The molecule has 104 valence electrons. The summed E-state index contributed by atoms with van der Waals surface area (Å²) < 4.78 is 19.3. The van der Waals surface area contributed by atoms with E-state index in [1.165, 1.54) is 31.4 Å². The molecule has 0 aliphatic carbocycles. The molecular formula is C13H11FN2O4. The molecule has 1 N–H and O–H groups in total. The Morgan fingerprint density at radius 3 is 2.80 bits per heavy atom. The predicted octanol–water partition coefficient (Wildman–Crippen LogP) is 1.14. The first-order valence-corrected chi connectivity index (χ1v) is 5.65. The molecule has 2 aromatic rings. The van der Waals surface area contributed by atoms with Crippen molar-refractivity contribution in [3.8, 4) is 5.88 Å². The van der Waals surface area contributed by atoms with E-state index < -0.39 is 17.3 Å². The number of aromatic nitrogens is 2. The highest BCUT2D eigenvalue weighted by atomic mass is 19.1. The first kappa shape index (κ1) is 13.7. The summed E-state index contributed by atoms with van der Waals surface area (Å²) in [6, 6.07) is 6.32. The maximum atomic E-state index is 13.3. The fraction of sp³-hybridized carbons (Fsp3) is 0.154. The number of carbonyl (C=O) groups is 1. The van der Waals surface area contributed by atoms with Crippen molar-refractivity contribution in [1.82, 2.24) is 9.78 Å². The molecular weight excluding hydrogens is 267 g/mol. The van der Waals surface area contributed by atoms with E-state index in [1.54, 1.807) is 0 Å². The number of hydrogen-bond donors (Lipinski definition) is 1. The van der Waals surface area contributed by atoms with Gasteiger partial charge in [0.05, 0.1) is 19.2 Å². The molecule has 2 rings (SSSR count). The van der Waals surface area contributed by atoms with Crippen LogP contribution in [-0.4, -0.2) is 28.0 Å². The number of hydrogen-bond acceptors (Lipinski definition) is 4. The average molecular weight is 278 g/mol. The van der Waals surface area contributed by atoms with Crippen LogP contribution in [0.4, 0.5) is 4.39 Å². The molecule has 0 radical (unpaired) electrons. The Hall–Kier alpha value is -2.70. The number of carboxylic acids is 1. The van der Waals surface area contributed by atoms with Gasteiger partial charge in [0.25, 0.3) is 5.56 Å². The van der Waals surface area contributed by atoms with Crippen LogP contribution in [-0.2, 0) is 6.54 Å². The van der Waals surface area contributed by atoms with E-state index in [0.717, 1.165) is 10.7 Å². The van der Waals surface area contributed by atoms with Gasteiger partial charge < -0.3 is 9.84 Å². The third-order valence-corrected chi connectivity index (χ3v) is 2.64. The van der Waals surface area contributed by atoms with Gasteiger partial charge in [-0.15, -0.1) is 5.10 Å². The van der Waals surface area contributed by atoms with Crippen molar-refractivity contribution in [1.29, 1.82) is 0 Å². The number of carboxylic acid groups (broad SMARTS) is 1. The zero-order chi connectivity index (χ0) is 14.7. The highest BCUT2D eigenvalue weighted by Crippen LogP contribution is 2.11. The van der Waals surface area contributed by atoms with E-state index in [4.69, 9.17) is 9.84 Å². The van der Waals surface area contributed by atoms with Gasteiger partial charge in [0.15, 0.2) is 0 Å². The van der Waals surface area contributed by atoms with Crippen LogP contribution in [0.2, 0.25) is 0 Å². The Labute approximate surface area is 113 Å². The molecule has 0 bridgehead atoms. The molecule has 0 saturated carbocycles. The first-order valence-electron chi connectivity index (χ1n) is 5.65. The van der Waals surface area contributed by atoms with Gasteiger partial charge in [0, 0.05) is 12.1 Å². The van der Waals surface area contributed by atoms with Gasteiger partial charge in [0.2, 0.25) is 5.88 Å². The van der Waals surface area contributed by atoms with Crippen molar-refractivity contribution in [2.24, 2.45) is 0 Å². The van der Waals surface area contributed by atoms with E-state index in [9.17, 15) is 14.0 Å². The quantitative estimate of drug-likeness (QED) is 0.906. The average Bonchev–Trinajstić information content (AvgIpc) is 2.43. The second-order valence-corrected chi connectivity index (χ2v) is 3.99. The maximum Gasteiger partial charge on any atom is 0.338 e. The second-order valence-electron chi connectivity index (χ2n) is 3.99. The largest absolute Gasteiger partial charge is 0.480 e. The lowest BCUT2D eigenvalue weighted by atomic mass is 10.1. The molecule has 0 aliphatic heterocycles. The highest BCUT2D eigenvalue weighted by Gasteiger charge is 2.11. The minimum Gasteiger partial charge on any atom is -0.480 e. The van der Waals surface area contributed by atoms with Gasteiger partial charge in [-0.3, -0.25) is 4.79 Å². The molecule has 0 atom stereocenters. The monoisotopic (exact) mass is 278 g/mol. The van der Waals surface area contributed by atoms with Gasteiger partial charge in [-0.25, -0.2) is 13.9 Å². The molecule has 0 aliphatic rings. The number of methoxy groups -OCH3 is 1. The zero-order valence-electron chi connectivity index (χ0n) is 10.5. The highest BCUT2D eigenvalue weighted by molar-refractivity contribution is 5.88. The van der Waals surface area contributed by atoms with Crippen molar-refractivity contribution in [3.05, 3.63) is 57.6 Å². The number of benzene rings is 1. The van der Waals surface area contributed by atoms with E-state index >= 15 is 0 Å². The van der Waals surface area contributed by atoms with Crippen LogP contribution >= 0.6 is 0 Å². The Bertz CT molecular complexity index is 712. The fourth-order valence-electron chi connectivity index (χ4n) is 1.66. The van der Waals surface area contributed by atoms with Crippen LogP contribution in [0, 0.1) is 5.82 Å². The lowest BCUT2D eigenvalue weighted by molar-refractivity contribution is 0.0691. The summed E-state index contributed by atoms with van der Waals surface area (Å²) in [5.41, 5.74) is -0.364. The molecule has 0 fully saturated rings. The lowest BCUT2D eigenvalue weighted by Gasteiger charge is -2.07. The smallest absolute Gasteiger partial charge is 0.338 e. The molecule has 1 aromatic heterocycles. The molecule has 0 saturated heterocycles. The SMILES string of the molecule is COc1ccc(=O)n(Cc2ccc(F)c(C(=O)O)c2)n1. The number of halogens is 1. The normalized spacial score (nSPS) is 10.3. The summed E-state index contributed by atoms with van der Waals surface area (Å²) >= 11 is 0. The summed E-state index contributed by atoms with van der Waals surface area (Å²) in [5.74, 6) is -1.94. The number of aromatic carboxylic acids is 1. The standard InChI is InChI=1S/C13H11FN2O4/c1-20-11-4-5-12(17)16(15-11)7-8-2-3-10(14)9(6-8)13(18)19/h2-6H,7H2,1H3,(H,18,19). The summed E-state index contributed by atoms with van der Waals surface area (Å²) in [7, 11) is 1.41. The number of nitrogens with zero attached hydrogens (tertiary/aromatic N) is 2. The van der Waals surface area contributed by atoms with Crippen LogP contribution in [0.3, 0.4) is 0 Å². The van der Waals surface area contributed by atoms with Crippen molar-refractivity contribution in [3.63, 3.8) is 0 Å². The molecule has 1 aromatic carbocycles. The molecule has 6 nitrogen and oxygen atoms in total. The van der Waals surface area contributed by atoms with Crippen molar-refractivity contribution >= 4 is 5.97 Å². The third kappa shape index (κ3) is 2.82. The fourth-order valence-corrected chi connectivity index (χ4v) is 1.66. The molecule has 20 heavy (non-hydrogen) atoms. The molecule has 1 heterocycles. The van der Waals surface area contributed by atoms with Gasteiger partial charge in [-0.05, 0) is 17.7 Å². The van der Waals surface area contributed by atoms with Gasteiger partial charge in [0.1, 0.15) is 5.82 Å². The van der Waals surface area contributed by atoms with Crippen molar-refractivity contribution < 1.29 is 19.0 Å². The van der Waals surface area contributed by atoms with Gasteiger partial charge in [-0.1, -0.05) is 6.07 Å². The topological polar surface area (TPSA) is 81.4 Å². The number of rotatable bonds is 4. The summed E-state index contributed by atoms with van der Waals surface area (Å²) in [6.07, 6.45) is 0.